The Morgan fingerprint density at radius 1 is 1.22 bits per heavy atom. The maximum Gasteiger partial charge on any atom is 0.207 e. The van der Waals surface area contributed by atoms with Crippen LogP contribution in [0.5, 0.6) is 0 Å². The number of hydrogen-bond acceptors (Lipinski definition) is 3. The van der Waals surface area contributed by atoms with E-state index in [0.717, 1.165) is 23.7 Å². The summed E-state index contributed by atoms with van der Waals surface area (Å²) in [6.45, 7) is 2.67. The number of aromatic nitrogens is 2. The van der Waals surface area contributed by atoms with E-state index in [-0.39, 0.29) is 5.78 Å². The summed E-state index contributed by atoms with van der Waals surface area (Å²) in [6, 6.07) is 7.69. The Hall–Kier alpha value is -2.07. The van der Waals surface area contributed by atoms with E-state index < -0.39 is 0 Å². The minimum absolute atomic E-state index is 0.0616. The number of piperidine rings is 1. The normalized spacial score (nSPS) is 15.3. The standard InChI is InChI=1S/C18H20ClN3O/c19-16-7-3-2-6-15(16)12-22-13-17(20-14-22)18(23)8-11-21-9-4-1-5-10-21/h2-3,6-8,11,13-14H,1,4-5,9-10,12H2. The van der Waals surface area contributed by atoms with Gasteiger partial charge in [-0.15, -0.1) is 0 Å². The molecule has 2 heterocycles. The first-order valence-corrected chi connectivity index (χ1v) is 8.32. The highest BCUT2D eigenvalue weighted by molar-refractivity contribution is 6.31. The Morgan fingerprint density at radius 3 is 2.78 bits per heavy atom. The van der Waals surface area contributed by atoms with Crippen LogP contribution in [-0.4, -0.2) is 33.3 Å². The predicted octanol–water partition coefficient (Wildman–Crippen LogP) is 3.77. The molecule has 4 nitrogen and oxygen atoms in total. The SMILES string of the molecule is O=C(C=CN1CCCCC1)c1cn(Cc2ccccc2Cl)cn1. The van der Waals surface area contributed by atoms with Gasteiger partial charge in [0, 0.05) is 43.1 Å². The number of halogens is 1. The Kier molecular flexibility index (Phi) is 5.13. The van der Waals surface area contributed by atoms with Crippen LogP contribution >= 0.6 is 11.6 Å². The maximum atomic E-state index is 12.2. The van der Waals surface area contributed by atoms with E-state index in [1.165, 1.54) is 19.3 Å². The lowest BCUT2D eigenvalue weighted by atomic mass is 10.1. The Morgan fingerprint density at radius 2 is 2.00 bits per heavy atom. The highest BCUT2D eigenvalue weighted by Crippen LogP contribution is 2.16. The number of carbonyl (C=O) groups excluding carboxylic acids is 1. The molecule has 1 aliphatic rings. The molecular formula is C18H20ClN3O. The zero-order chi connectivity index (χ0) is 16.1. The molecule has 5 heteroatoms. The Labute approximate surface area is 141 Å². The molecule has 2 aromatic rings. The number of allylic oxidation sites excluding steroid dienone is 1. The van der Waals surface area contributed by atoms with Crippen molar-refractivity contribution in [2.45, 2.75) is 25.8 Å². The summed E-state index contributed by atoms with van der Waals surface area (Å²) in [5, 5.41) is 0.721. The van der Waals surface area contributed by atoms with Gasteiger partial charge in [-0.05, 0) is 30.9 Å². The molecule has 0 atom stereocenters. The first kappa shape index (κ1) is 15.8. The summed E-state index contributed by atoms with van der Waals surface area (Å²) in [4.78, 5) is 18.6. The minimum Gasteiger partial charge on any atom is -0.377 e. The van der Waals surface area contributed by atoms with Gasteiger partial charge in [-0.25, -0.2) is 4.98 Å². The van der Waals surface area contributed by atoms with Crippen molar-refractivity contribution >= 4 is 17.4 Å². The maximum absolute atomic E-state index is 12.2. The fraction of sp³-hybridized carbons (Fsp3) is 0.333. The third-order valence-electron chi connectivity index (χ3n) is 4.02. The first-order valence-electron chi connectivity index (χ1n) is 7.94. The van der Waals surface area contributed by atoms with Gasteiger partial charge in [-0.2, -0.15) is 0 Å². The molecule has 3 rings (SSSR count). The minimum atomic E-state index is -0.0616. The van der Waals surface area contributed by atoms with Crippen LogP contribution in [0.4, 0.5) is 0 Å². The highest BCUT2D eigenvalue weighted by Gasteiger charge is 2.09. The van der Waals surface area contributed by atoms with Crippen molar-refractivity contribution in [2.75, 3.05) is 13.1 Å². The van der Waals surface area contributed by atoms with Gasteiger partial charge in [0.05, 0.1) is 6.33 Å². The molecule has 1 aromatic carbocycles. The summed E-state index contributed by atoms with van der Waals surface area (Å²) >= 11 is 6.16. The first-order chi connectivity index (χ1) is 11.2. The molecule has 1 fully saturated rings. The van der Waals surface area contributed by atoms with E-state index in [9.17, 15) is 4.79 Å². The molecule has 0 spiro atoms. The molecule has 0 saturated carbocycles. The molecule has 0 amide bonds. The fourth-order valence-corrected chi connectivity index (χ4v) is 2.92. The van der Waals surface area contributed by atoms with Crippen LogP contribution in [-0.2, 0) is 6.54 Å². The van der Waals surface area contributed by atoms with Gasteiger partial charge in [-0.1, -0.05) is 29.8 Å². The zero-order valence-corrected chi connectivity index (χ0v) is 13.7. The number of nitrogens with zero attached hydrogens (tertiary/aromatic N) is 3. The average Bonchev–Trinajstić information content (AvgIpc) is 3.04. The molecular weight excluding hydrogens is 310 g/mol. The van der Waals surface area contributed by atoms with Crippen LogP contribution in [0, 0.1) is 0 Å². The quantitative estimate of drug-likeness (QED) is 0.619. The highest BCUT2D eigenvalue weighted by atomic mass is 35.5. The second-order valence-corrected chi connectivity index (χ2v) is 6.21. The van der Waals surface area contributed by atoms with Crippen LogP contribution in [0.3, 0.4) is 0 Å². The van der Waals surface area contributed by atoms with Crippen molar-refractivity contribution in [3.63, 3.8) is 0 Å². The molecule has 23 heavy (non-hydrogen) atoms. The van der Waals surface area contributed by atoms with Crippen LogP contribution in [0.25, 0.3) is 0 Å². The lowest BCUT2D eigenvalue weighted by Crippen LogP contribution is -2.24. The van der Waals surface area contributed by atoms with Crippen LogP contribution in [0.1, 0.15) is 35.3 Å². The van der Waals surface area contributed by atoms with Crippen LogP contribution in [0.15, 0.2) is 49.1 Å². The second-order valence-electron chi connectivity index (χ2n) is 5.80. The van der Waals surface area contributed by atoms with Gasteiger partial charge in [0.15, 0.2) is 0 Å². The lowest BCUT2D eigenvalue weighted by molar-refractivity contribution is 0.104. The molecule has 0 unspecified atom stereocenters. The monoisotopic (exact) mass is 329 g/mol. The van der Waals surface area contributed by atoms with Gasteiger partial charge in [0.25, 0.3) is 0 Å². The van der Waals surface area contributed by atoms with Crippen molar-refractivity contribution in [2.24, 2.45) is 0 Å². The molecule has 0 radical (unpaired) electrons. The molecule has 1 aromatic heterocycles. The number of ketones is 1. The van der Waals surface area contributed by atoms with E-state index >= 15 is 0 Å². The van der Waals surface area contributed by atoms with Crippen molar-refractivity contribution < 1.29 is 4.79 Å². The summed E-state index contributed by atoms with van der Waals surface area (Å²) in [6.07, 6.45) is 10.6. The van der Waals surface area contributed by atoms with Crippen molar-refractivity contribution in [3.8, 4) is 0 Å². The number of rotatable bonds is 5. The van der Waals surface area contributed by atoms with Gasteiger partial charge >= 0.3 is 0 Å². The fourth-order valence-electron chi connectivity index (χ4n) is 2.72. The average molecular weight is 330 g/mol. The Balaban J connectivity index is 1.63. The number of hydrogen-bond donors (Lipinski definition) is 0. The van der Waals surface area contributed by atoms with E-state index in [1.54, 1.807) is 18.6 Å². The van der Waals surface area contributed by atoms with Gasteiger partial charge in [0.1, 0.15) is 5.69 Å². The van der Waals surface area contributed by atoms with E-state index in [0.29, 0.717) is 12.2 Å². The largest absolute Gasteiger partial charge is 0.377 e. The van der Waals surface area contributed by atoms with E-state index in [1.807, 2.05) is 35.0 Å². The van der Waals surface area contributed by atoms with Gasteiger partial charge in [-0.3, -0.25) is 4.79 Å². The smallest absolute Gasteiger partial charge is 0.207 e. The topological polar surface area (TPSA) is 38.1 Å². The second kappa shape index (κ2) is 7.47. The summed E-state index contributed by atoms with van der Waals surface area (Å²) in [5.74, 6) is -0.0616. The Bertz CT molecular complexity index is 702. The van der Waals surface area contributed by atoms with E-state index in [2.05, 4.69) is 9.88 Å². The molecule has 1 saturated heterocycles. The lowest BCUT2D eigenvalue weighted by Gasteiger charge is -2.24. The summed E-state index contributed by atoms with van der Waals surface area (Å²) in [5.41, 5.74) is 1.47. The molecule has 0 bridgehead atoms. The van der Waals surface area contributed by atoms with Crippen LogP contribution < -0.4 is 0 Å². The predicted molar refractivity (Wildman–Crippen MR) is 91.7 cm³/mol. The number of benzene rings is 1. The number of carbonyl (C=O) groups is 1. The van der Waals surface area contributed by atoms with Gasteiger partial charge in [0.2, 0.25) is 5.78 Å². The van der Waals surface area contributed by atoms with Crippen LogP contribution in [0.2, 0.25) is 5.02 Å². The molecule has 0 aliphatic carbocycles. The zero-order valence-electron chi connectivity index (χ0n) is 13.0. The molecule has 120 valence electrons. The molecule has 1 aliphatic heterocycles. The van der Waals surface area contributed by atoms with Gasteiger partial charge < -0.3 is 9.47 Å². The summed E-state index contributed by atoms with van der Waals surface area (Å²) in [7, 11) is 0. The number of likely N-dealkylation sites (tertiary alicyclic amines) is 1. The number of imidazole rings is 1. The third kappa shape index (κ3) is 4.23. The van der Waals surface area contributed by atoms with Crippen molar-refractivity contribution in [1.82, 2.24) is 14.5 Å². The van der Waals surface area contributed by atoms with E-state index in [4.69, 9.17) is 11.6 Å². The summed E-state index contributed by atoms with van der Waals surface area (Å²) < 4.78 is 1.88. The van der Waals surface area contributed by atoms with Crippen molar-refractivity contribution in [1.29, 1.82) is 0 Å². The third-order valence-corrected chi connectivity index (χ3v) is 4.39. The van der Waals surface area contributed by atoms with Crippen molar-refractivity contribution in [3.05, 3.63) is 65.3 Å². The molecule has 0 N–H and O–H groups in total.